The lowest BCUT2D eigenvalue weighted by molar-refractivity contribution is -0.129. The SMILES string of the molecule is CCCN1CC(CCO)CC(NC(=O)C(C)(C)C)C1. The largest absolute Gasteiger partial charge is 0.396 e. The molecule has 0 aromatic heterocycles. The number of hydrogen-bond donors (Lipinski definition) is 2. The normalized spacial score (nSPS) is 25.3. The highest BCUT2D eigenvalue weighted by Gasteiger charge is 2.30. The third-order valence-corrected chi connectivity index (χ3v) is 3.71. The van der Waals surface area contributed by atoms with E-state index in [1.54, 1.807) is 0 Å². The van der Waals surface area contributed by atoms with E-state index in [4.69, 9.17) is 5.11 Å². The number of aliphatic hydroxyl groups is 1. The maximum Gasteiger partial charge on any atom is 0.225 e. The molecule has 1 aliphatic heterocycles. The Morgan fingerprint density at radius 3 is 2.58 bits per heavy atom. The summed E-state index contributed by atoms with van der Waals surface area (Å²) in [6, 6.07) is 0.226. The molecular formula is C15H30N2O2. The fourth-order valence-corrected chi connectivity index (χ4v) is 2.70. The molecular weight excluding hydrogens is 240 g/mol. The number of carbonyl (C=O) groups is 1. The number of carbonyl (C=O) groups excluding carboxylic acids is 1. The molecule has 1 saturated heterocycles. The van der Waals surface area contributed by atoms with E-state index in [9.17, 15) is 4.79 Å². The summed E-state index contributed by atoms with van der Waals surface area (Å²) in [6.07, 6.45) is 2.95. The van der Waals surface area contributed by atoms with Gasteiger partial charge in [0.25, 0.3) is 0 Å². The van der Waals surface area contributed by atoms with Crippen LogP contribution >= 0.6 is 0 Å². The molecule has 2 unspecified atom stereocenters. The lowest BCUT2D eigenvalue weighted by Gasteiger charge is -2.38. The molecule has 19 heavy (non-hydrogen) atoms. The van der Waals surface area contributed by atoms with Crippen LogP contribution in [0.4, 0.5) is 0 Å². The van der Waals surface area contributed by atoms with Gasteiger partial charge in [-0.2, -0.15) is 0 Å². The Kier molecular flexibility index (Phi) is 6.27. The van der Waals surface area contributed by atoms with Gasteiger partial charge in [-0.25, -0.2) is 0 Å². The van der Waals surface area contributed by atoms with Gasteiger partial charge in [0.15, 0.2) is 0 Å². The summed E-state index contributed by atoms with van der Waals surface area (Å²) >= 11 is 0. The standard InChI is InChI=1S/C15H30N2O2/c1-5-7-17-10-12(6-8-18)9-13(11-17)16-14(19)15(2,3)4/h12-13,18H,5-11H2,1-4H3,(H,16,19). The first-order valence-corrected chi connectivity index (χ1v) is 7.51. The van der Waals surface area contributed by atoms with Gasteiger partial charge in [0.2, 0.25) is 5.91 Å². The predicted octanol–water partition coefficient (Wildman–Crippen LogP) is 1.63. The van der Waals surface area contributed by atoms with Crippen LogP contribution in [0.2, 0.25) is 0 Å². The van der Waals surface area contributed by atoms with Crippen LogP contribution in [-0.2, 0) is 4.79 Å². The van der Waals surface area contributed by atoms with Crippen molar-refractivity contribution in [1.29, 1.82) is 0 Å². The Bertz CT molecular complexity index is 272. The van der Waals surface area contributed by atoms with Crippen LogP contribution in [-0.4, -0.2) is 48.2 Å². The molecule has 4 heteroatoms. The number of hydrogen-bond acceptors (Lipinski definition) is 3. The smallest absolute Gasteiger partial charge is 0.225 e. The molecule has 2 N–H and O–H groups in total. The molecule has 0 aromatic carbocycles. The van der Waals surface area contributed by atoms with E-state index < -0.39 is 0 Å². The van der Waals surface area contributed by atoms with E-state index in [-0.39, 0.29) is 24.0 Å². The molecule has 0 aromatic rings. The quantitative estimate of drug-likeness (QED) is 0.798. The van der Waals surface area contributed by atoms with Crippen LogP contribution in [0, 0.1) is 11.3 Å². The Balaban J connectivity index is 2.58. The lowest BCUT2D eigenvalue weighted by atomic mass is 9.89. The molecule has 0 saturated carbocycles. The van der Waals surface area contributed by atoms with Gasteiger partial charge in [-0.05, 0) is 31.7 Å². The van der Waals surface area contributed by atoms with Crippen LogP contribution in [0.25, 0.3) is 0 Å². The van der Waals surface area contributed by atoms with Gasteiger partial charge in [-0.3, -0.25) is 4.79 Å². The summed E-state index contributed by atoms with van der Waals surface area (Å²) in [5.74, 6) is 0.620. The van der Waals surface area contributed by atoms with Crippen molar-refractivity contribution < 1.29 is 9.90 Å². The maximum absolute atomic E-state index is 12.1. The van der Waals surface area contributed by atoms with Gasteiger partial charge < -0.3 is 15.3 Å². The minimum atomic E-state index is -0.334. The van der Waals surface area contributed by atoms with Crippen LogP contribution in [0.1, 0.15) is 47.0 Å². The molecule has 4 nitrogen and oxygen atoms in total. The Morgan fingerprint density at radius 1 is 1.37 bits per heavy atom. The summed E-state index contributed by atoms with van der Waals surface area (Å²) in [7, 11) is 0. The molecule has 1 aliphatic rings. The maximum atomic E-state index is 12.1. The van der Waals surface area contributed by atoms with E-state index in [0.717, 1.165) is 38.9 Å². The van der Waals surface area contributed by atoms with Crippen molar-refractivity contribution in [3.05, 3.63) is 0 Å². The average Bonchev–Trinajstić information content (AvgIpc) is 2.28. The number of nitrogens with zero attached hydrogens (tertiary/aromatic N) is 1. The molecule has 0 radical (unpaired) electrons. The van der Waals surface area contributed by atoms with Crippen LogP contribution in [0.15, 0.2) is 0 Å². The van der Waals surface area contributed by atoms with E-state index >= 15 is 0 Å². The van der Waals surface area contributed by atoms with E-state index in [2.05, 4.69) is 17.1 Å². The highest BCUT2D eigenvalue weighted by atomic mass is 16.3. The fraction of sp³-hybridized carbons (Fsp3) is 0.933. The van der Waals surface area contributed by atoms with Crippen LogP contribution in [0.3, 0.4) is 0 Å². The topological polar surface area (TPSA) is 52.6 Å². The second-order valence-corrected chi connectivity index (χ2v) is 6.79. The highest BCUT2D eigenvalue weighted by molar-refractivity contribution is 5.81. The van der Waals surface area contributed by atoms with Gasteiger partial charge in [0, 0.05) is 31.2 Å². The third kappa shape index (κ3) is 5.49. The molecule has 0 spiro atoms. The average molecular weight is 270 g/mol. The molecule has 1 heterocycles. The zero-order valence-corrected chi connectivity index (χ0v) is 12.9. The number of piperidine rings is 1. The predicted molar refractivity (Wildman–Crippen MR) is 77.9 cm³/mol. The number of aliphatic hydroxyl groups excluding tert-OH is 1. The monoisotopic (exact) mass is 270 g/mol. The van der Waals surface area contributed by atoms with Crippen molar-refractivity contribution >= 4 is 5.91 Å². The van der Waals surface area contributed by atoms with Gasteiger partial charge >= 0.3 is 0 Å². The van der Waals surface area contributed by atoms with Crippen molar-refractivity contribution in [2.24, 2.45) is 11.3 Å². The van der Waals surface area contributed by atoms with Crippen LogP contribution in [0.5, 0.6) is 0 Å². The van der Waals surface area contributed by atoms with E-state index in [1.807, 2.05) is 20.8 Å². The van der Waals surface area contributed by atoms with Crippen molar-refractivity contribution in [3.8, 4) is 0 Å². The van der Waals surface area contributed by atoms with E-state index in [1.165, 1.54) is 0 Å². The van der Waals surface area contributed by atoms with E-state index in [0.29, 0.717) is 5.92 Å². The number of nitrogens with one attached hydrogen (secondary N) is 1. The van der Waals surface area contributed by atoms with Crippen molar-refractivity contribution in [1.82, 2.24) is 10.2 Å². The van der Waals surface area contributed by atoms with Crippen molar-refractivity contribution in [2.45, 2.75) is 53.0 Å². The summed E-state index contributed by atoms with van der Waals surface area (Å²) in [5, 5.41) is 12.3. The Hall–Kier alpha value is -0.610. The van der Waals surface area contributed by atoms with Crippen molar-refractivity contribution in [2.75, 3.05) is 26.2 Å². The summed E-state index contributed by atoms with van der Waals surface area (Å²) < 4.78 is 0. The second-order valence-electron chi connectivity index (χ2n) is 6.79. The lowest BCUT2D eigenvalue weighted by Crippen LogP contribution is -2.53. The molecule has 2 atom stereocenters. The minimum Gasteiger partial charge on any atom is -0.396 e. The first kappa shape index (κ1) is 16.4. The summed E-state index contributed by atoms with van der Waals surface area (Å²) in [5.41, 5.74) is -0.334. The van der Waals surface area contributed by atoms with Gasteiger partial charge in [-0.15, -0.1) is 0 Å². The van der Waals surface area contributed by atoms with Crippen LogP contribution < -0.4 is 5.32 Å². The number of likely N-dealkylation sites (tertiary alicyclic amines) is 1. The first-order valence-electron chi connectivity index (χ1n) is 7.51. The number of amides is 1. The van der Waals surface area contributed by atoms with Crippen molar-refractivity contribution in [3.63, 3.8) is 0 Å². The summed E-state index contributed by atoms with van der Waals surface area (Å²) in [6.45, 7) is 11.3. The summed E-state index contributed by atoms with van der Waals surface area (Å²) in [4.78, 5) is 14.5. The molecule has 1 rings (SSSR count). The Labute approximate surface area is 117 Å². The number of rotatable bonds is 5. The molecule has 0 aliphatic carbocycles. The zero-order chi connectivity index (χ0) is 14.5. The highest BCUT2D eigenvalue weighted by Crippen LogP contribution is 2.21. The third-order valence-electron chi connectivity index (χ3n) is 3.71. The second kappa shape index (κ2) is 7.25. The molecule has 1 amide bonds. The first-order chi connectivity index (χ1) is 8.86. The zero-order valence-electron chi connectivity index (χ0n) is 12.9. The molecule has 0 bridgehead atoms. The fourth-order valence-electron chi connectivity index (χ4n) is 2.70. The van der Waals surface area contributed by atoms with Gasteiger partial charge in [0.1, 0.15) is 0 Å². The minimum absolute atomic E-state index is 0.124. The Morgan fingerprint density at radius 2 is 2.05 bits per heavy atom. The van der Waals surface area contributed by atoms with Gasteiger partial charge in [0.05, 0.1) is 0 Å². The molecule has 1 fully saturated rings. The molecule has 112 valence electrons. The van der Waals surface area contributed by atoms with Gasteiger partial charge in [-0.1, -0.05) is 27.7 Å².